The molecule has 0 saturated carbocycles. The molecule has 6 heteroatoms. The second-order valence-electron chi connectivity index (χ2n) is 5.88. The number of hydrogen-bond acceptors (Lipinski definition) is 3. The fraction of sp³-hybridized carbons (Fsp3) is 0.688. The largest absolute Gasteiger partial charge is 0.299 e. The lowest BCUT2D eigenvalue weighted by Crippen LogP contribution is -2.32. The van der Waals surface area contributed by atoms with Crippen LogP contribution >= 0.6 is 31.9 Å². The molecular weight excluding hydrogens is 414 g/mol. The van der Waals surface area contributed by atoms with Gasteiger partial charge in [0.05, 0.1) is 0 Å². The Labute approximate surface area is 148 Å². The van der Waals surface area contributed by atoms with E-state index >= 15 is 0 Å². The fourth-order valence-electron chi connectivity index (χ4n) is 2.28. The van der Waals surface area contributed by atoms with E-state index in [-0.39, 0.29) is 17.7 Å². The zero-order valence-electron chi connectivity index (χ0n) is 13.2. The molecule has 0 saturated heterocycles. The minimum Gasteiger partial charge on any atom is -0.299 e. The van der Waals surface area contributed by atoms with Crippen molar-refractivity contribution in [1.29, 1.82) is 0 Å². The number of unbranched alkanes of at least 4 members (excludes halogenated alkanes) is 5. The smallest absolute Gasteiger partial charge is 0.269 e. The molecule has 0 unspecified atom stereocenters. The van der Waals surface area contributed by atoms with Crippen LogP contribution in [0.15, 0.2) is 8.96 Å². The van der Waals surface area contributed by atoms with Gasteiger partial charge in [-0.3, -0.25) is 19.3 Å². The first-order chi connectivity index (χ1) is 10.4. The topological polar surface area (TPSA) is 54.5 Å². The van der Waals surface area contributed by atoms with Crippen LogP contribution in [0.4, 0.5) is 0 Å². The number of imide groups is 1. The third kappa shape index (κ3) is 5.61. The predicted octanol–water partition coefficient (Wildman–Crippen LogP) is 4.31. The number of rotatable bonds is 10. The highest BCUT2D eigenvalue weighted by molar-refractivity contribution is 9.14. The molecular formula is C16H23Br2NO3. The molecule has 1 aliphatic rings. The van der Waals surface area contributed by atoms with Gasteiger partial charge in [0, 0.05) is 18.9 Å². The van der Waals surface area contributed by atoms with E-state index in [0.29, 0.717) is 27.7 Å². The molecule has 1 aliphatic heterocycles. The summed E-state index contributed by atoms with van der Waals surface area (Å²) < 4.78 is 0.625. The van der Waals surface area contributed by atoms with Crippen LogP contribution in [0, 0.1) is 5.92 Å². The molecule has 124 valence electrons. The van der Waals surface area contributed by atoms with Crippen LogP contribution in [-0.4, -0.2) is 29.0 Å². The van der Waals surface area contributed by atoms with Crippen LogP contribution in [0.5, 0.6) is 0 Å². The van der Waals surface area contributed by atoms with Gasteiger partial charge in [-0.2, -0.15) is 0 Å². The summed E-state index contributed by atoms with van der Waals surface area (Å²) in [6.45, 7) is 4.34. The quantitative estimate of drug-likeness (QED) is 0.378. The number of Topliss-reactive ketones (excluding diaryl/α,β-unsaturated/α-hetero) is 1. The lowest BCUT2D eigenvalue weighted by atomic mass is 10.0. The van der Waals surface area contributed by atoms with E-state index in [0.717, 1.165) is 38.5 Å². The molecule has 0 aliphatic carbocycles. The first-order valence-electron chi connectivity index (χ1n) is 7.80. The number of halogens is 2. The summed E-state index contributed by atoms with van der Waals surface area (Å²) in [5, 5.41) is 0. The third-order valence-corrected chi connectivity index (χ3v) is 5.76. The highest BCUT2D eigenvalue weighted by Gasteiger charge is 2.35. The normalized spacial score (nSPS) is 15.4. The summed E-state index contributed by atoms with van der Waals surface area (Å²) in [5.74, 6) is -0.0364. The number of amides is 2. The Hall–Kier alpha value is -0.490. The molecule has 0 aromatic carbocycles. The molecule has 0 spiro atoms. The van der Waals surface area contributed by atoms with Gasteiger partial charge >= 0.3 is 0 Å². The second kappa shape index (κ2) is 9.60. The van der Waals surface area contributed by atoms with Gasteiger partial charge in [-0.05, 0) is 44.7 Å². The van der Waals surface area contributed by atoms with Gasteiger partial charge in [0.2, 0.25) is 0 Å². The maximum Gasteiger partial charge on any atom is 0.269 e. The zero-order valence-corrected chi connectivity index (χ0v) is 16.3. The summed E-state index contributed by atoms with van der Waals surface area (Å²) >= 11 is 6.23. The standard InChI is InChI=1S/C16H23Br2NO3/c1-11(2)12(20)9-7-5-3-4-6-8-10-19-15(21)13(17)14(18)16(19)22/h11H,3-10H2,1-2H3. The van der Waals surface area contributed by atoms with Crippen molar-refractivity contribution in [3.63, 3.8) is 0 Å². The van der Waals surface area contributed by atoms with Crippen LogP contribution in [-0.2, 0) is 14.4 Å². The number of nitrogens with zero attached hydrogens (tertiary/aromatic N) is 1. The van der Waals surface area contributed by atoms with Crippen molar-refractivity contribution in [3.8, 4) is 0 Å². The van der Waals surface area contributed by atoms with Crippen LogP contribution in [0.25, 0.3) is 0 Å². The summed E-state index contributed by atoms with van der Waals surface area (Å²) in [4.78, 5) is 36.3. The maximum atomic E-state index is 11.8. The summed E-state index contributed by atoms with van der Waals surface area (Å²) in [6, 6.07) is 0. The Morgan fingerprint density at radius 1 is 0.909 bits per heavy atom. The van der Waals surface area contributed by atoms with Crippen molar-refractivity contribution in [3.05, 3.63) is 8.96 Å². The molecule has 2 amide bonds. The van der Waals surface area contributed by atoms with Gasteiger partial charge in [-0.1, -0.05) is 39.5 Å². The number of ketones is 1. The Balaban J connectivity index is 2.07. The van der Waals surface area contributed by atoms with E-state index in [1.165, 1.54) is 4.90 Å². The summed E-state index contributed by atoms with van der Waals surface area (Å²) in [7, 11) is 0. The van der Waals surface area contributed by atoms with Crippen molar-refractivity contribution in [2.24, 2.45) is 5.92 Å². The van der Waals surface area contributed by atoms with Crippen molar-refractivity contribution in [2.75, 3.05) is 6.54 Å². The van der Waals surface area contributed by atoms with E-state index in [9.17, 15) is 14.4 Å². The highest BCUT2D eigenvalue weighted by Crippen LogP contribution is 2.29. The predicted molar refractivity (Wildman–Crippen MR) is 93.8 cm³/mol. The Morgan fingerprint density at radius 2 is 1.36 bits per heavy atom. The van der Waals surface area contributed by atoms with Crippen LogP contribution < -0.4 is 0 Å². The first-order valence-corrected chi connectivity index (χ1v) is 9.39. The summed E-state index contributed by atoms with van der Waals surface area (Å²) in [5.41, 5.74) is 0. The number of hydrogen-bond donors (Lipinski definition) is 0. The lowest BCUT2D eigenvalue weighted by molar-refractivity contribution is -0.137. The third-order valence-electron chi connectivity index (χ3n) is 3.76. The van der Waals surface area contributed by atoms with Crippen molar-refractivity contribution in [2.45, 2.75) is 58.8 Å². The van der Waals surface area contributed by atoms with E-state index < -0.39 is 0 Å². The number of carbonyl (C=O) groups is 3. The van der Waals surface area contributed by atoms with E-state index in [4.69, 9.17) is 0 Å². The lowest BCUT2D eigenvalue weighted by Gasteiger charge is -2.13. The molecule has 4 nitrogen and oxygen atoms in total. The summed E-state index contributed by atoms with van der Waals surface area (Å²) in [6.07, 6.45) is 6.69. The van der Waals surface area contributed by atoms with Crippen molar-refractivity contribution in [1.82, 2.24) is 4.90 Å². The van der Waals surface area contributed by atoms with Gasteiger partial charge < -0.3 is 0 Å². The Morgan fingerprint density at radius 3 is 1.86 bits per heavy atom. The molecule has 0 bridgehead atoms. The molecule has 22 heavy (non-hydrogen) atoms. The minimum absolute atomic E-state index is 0.141. The average molecular weight is 437 g/mol. The van der Waals surface area contributed by atoms with Gasteiger partial charge in [-0.15, -0.1) is 0 Å². The molecule has 0 aromatic rings. The molecule has 0 atom stereocenters. The number of carbonyl (C=O) groups excluding carboxylic acids is 3. The Bertz CT molecular complexity index is 448. The zero-order chi connectivity index (χ0) is 16.7. The fourth-order valence-corrected chi connectivity index (χ4v) is 3.05. The van der Waals surface area contributed by atoms with Crippen molar-refractivity contribution >= 4 is 49.5 Å². The van der Waals surface area contributed by atoms with E-state index in [2.05, 4.69) is 31.9 Å². The van der Waals surface area contributed by atoms with Crippen molar-refractivity contribution < 1.29 is 14.4 Å². The van der Waals surface area contributed by atoms with E-state index in [1.54, 1.807) is 0 Å². The monoisotopic (exact) mass is 435 g/mol. The Kier molecular flexibility index (Phi) is 8.54. The highest BCUT2D eigenvalue weighted by atomic mass is 79.9. The molecule has 1 heterocycles. The molecule has 0 fully saturated rings. The van der Waals surface area contributed by atoms with E-state index in [1.807, 2.05) is 13.8 Å². The van der Waals surface area contributed by atoms with Crippen LogP contribution in [0.1, 0.15) is 58.8 Å². The first kappa shape index (κ1) is 19.6. The van der Waals surface area contributed by atoms with Gasteiger partial charge in [0.25, 0.3) is 11.8 Å². The van der Waals surface area contributed by atoms with Gasteiger partial charge in [0.15, 0.2) is 0 Å². The van der Waals surface area contributed by atoms with Crippen LogP contribution in [0.3, 0.4) is 0 Å². The average Bonchev–Trinajstić information content (AvgIpc) is 2.66. The van der Waals surface area contributed by atoms with Gasteiger partial charge in [-0.25, -0.2) is 0 Å². The SMILES string of the molecule is CC(C)C(=O)CCCCCCCCN1C(=O)C(Br)=C(Br)C1=O. The molecule has 1 rings (SSSR count). The molecule has 0 N–H and O–H groups in total. The second-order valence-corrected chi connectivity index (χ2v) is 7.47. The maximum absolute atomic E-state index is 11.8. The van der Waals surface area contributed by atoms with Crippen LogP contribution in [0.2, 0.25) is 0 Å². The molecule has 0 aromatic heterocycles. The molecule has 0 radical (unpaired) electrons. The van der Waals surface area contributed by atoms with Gasteiger partial charge in [0.1, 0.15) is 14.7 Å². The minimum atomic E-state index is -0.260.